The molecule has 0 radical (unpaired) electrons. The Bertz CT molecular complexity index is 1170. The molecular formula is C23H24N6O2. The number of fused-ring (bicyclic) bond motifs is 1. The molecule has 1 aliphatic rings. The Hall–Kier alpha value is -3.49. The molecule has 31 heavy (non-hydrogen) atoms. The number of ether oxygens (including phenoxy) is 2. The first-order valence-corrected chi connectivity index (χ1v) is 10.3. The van der Waals surface area contributed by atoms with E-state index in [9.17, 15) is 0 Å². The Morgan fingerprint density at radius 3 is 3.00 bits per heavy atom. The number of morpholine rings is 1. The first-order valence-electron chi connectivity index (χ1n) is 10.3. The molecule has 4 aromatic rings. The van der Waals surface area contributed by atoms with Crippen LogP contribution in [-0.2, 0) is 4.74 Å². The van der Waals surface area contributed by atoms with Crippen LogP contribution >= 0.6 is 0 Å². The van der Waals surface area contributed by atoms with Crippen molar-refractivity contribution in [3.05, 3.63) is 66.7 Å². The summed E-state index contributed by atoms with van der Waals surface area (Å²) in [4.78, 5) is 8.72. The van der Waals surface area contributed by atoms with Crippen molar-refractivity contribution in [1.29, 1.82) is 0 Å². The second-order valence-corrected chi connectivity index (χ2v) is 7.48. The molecule has 0 amide bonds. The lowest BCUT2D eigenvalue weighted by atomic mass is 10.1. The number of aromatic nitrogens is 4. The number of nitrogens with one attached hydrogen (secondary N) is 2. The zero-order valence-electron chi connectivity index (χ0n) is 17.3. The molecule has 0 saturated carbocycles. The van der Waals surface area contributed by atoms with E-state index in [1.54, 1.807) is 12.4 Å². The van der Waals surface area contributed by atoms with E-state index in [1.165, 1.54) is 0 Å². The van der Waals surface area contributed by atoms with Gasteiger partial charge < -0.3 is 20.1 Å². The van der Waals surface area contributed by atoms with Crippen molar-refractivity contribution in [3.63, 3.8) is 0 Å². The lowest BCUT2D eigenvalue weighted by Crippen LogP contribution is -2.41. The Morgan fingerprint density at radius 2 is 2.16 bits per heavy atom. The molecule has 0 aliphatic carbocycles. The van der Waals surface area contributed by atoms with Crippen LogP contribution < -0.4 is 15.4 Å². The van der Waals surface area contributed by atoms with Gasteiger partial charge in [0.05, 0.1) is 18.3 Å². The number of pyridine rings is 3. The number of anilines is 2. The maximum atomic E-state index is 6.11. The molecule has 1 saturated heterocycles. The Morgan fingerprint density at radius 1 is 1.19 bits per heavy atom. The van der Waals surface area contributed by atoms with Gasteiger partial charge in [-0.1, -0.05) is 6.07 Å². The molecule has 2 N–H and O–H groups in total. The van der Waals surface area contributed by atoms with Crippen LogP contribution in [-0.4, -0.2) is 52.0 Å². The van der Waals surface area contributed by atoms with Crippen LogP contribution in [0.2, 0.25) is 0 Å². The number of hydrogen-bond acceptors (Lipinski definition) is 7. The van der Waals surface area contributed by atoms with E-state index in [2.05, 4.69) is 31.8 Å². The second kappa shape index (κ2) is 8.71. The van der Waals surface area contributed by atoms with Crippen LogP contribution in [0, 0.1) is 6.92 Å². The fourth-order valence-corrected chi connectivity index (χ4v) is 3.59. The highest BCUT2D eigenvalue weighted by atomic mass is 16.5. The lowest BCUT2D eigenvalue weighted by molar-refractivity contribution is 0.000245. The Balaban J connectivity index is 1.41. The van der Waals surface area contributed by atoms with Gasteiger partial charge in [0.2, 0.25) is 0 Å². The third-order valence-electron chi connectivity index (χ3n) is 5.13. The largest absolute Gasteiger partial charge is 0.489 e. The van der Waals surface area contributed by atoms with Crippen LogP contribution in [0.4, 0.5) is 11.6 Å². The van der Waals surface area contributed by atoms with Crippen LogP contribution in [0.25, 0.3) is 16.6 Å². The van der Waals surface area contributed by atoms with E-state index < -0.39 is 0 Å². The predicted molar refractivity (Wildman–Crippen MR) is 119 cm³/mol. The van der Waals surface area contributed by atoms with Crippen molar-refractivity contribution in [2.45, 2.75) is 13.0 Å². The van der Waals surface area contributed by atoms with Gasteiger partial charge in [-0.3, -0.25) is 4.98 Å². The van der Waals surface area contributed by atoms with Crippen LogP contribution in [0.5, 0.6) is 5.75 Å². The zero-order valence-corrected chi connectivity index (χ0v) is 17.3. The molecule has 0 bridgehead atoms. The van der Waals surface area contributed by atoms with E-state index in [0.29, 0.717) is 13.2 Å². The molecule has 1 aliphatic heterocycles. The highest BCUT2D eigenvalue weighted by Gasteiger charge is 2.16. The van der Waals surface area contributed by atoms with Gasteiger partial charge in [0, 0.05) is 42.8 Å². The topological polar surface area (TPSA) is 85.6 Å². The van der Waals surface area contributed by atoms with Crippen LogP contribution in [0.1, 0.15) is 5.69 Å². The average Bonchev–Trinajstić information content (AvgIpc) is 3.21. The summed E-state index contributed by atoms with van der Waals surface area (Å²) >= 11 is 0. The predicted octanol–water partition coefficient (Wildman–Crippen LogP) is 3.21. The maximum absolute atomic E-state index is 6.11. The average molecular weight is 416 g/mol. The smallest absolute Gasteiger partial charge is 0.154 e. The fourth-order valence-electron chi connectivity index (χ4n) is 3.59. The molecule has 8 nitrogen and oxygen atoms in total. The second-order valence-electron chi connectivity index (χ2n) is 7.48. The van der Waals surface area contributed by atoms with Crippen molar-refractivity contribution in [3.8, 4) is 16.9 Å². The van der Waals surface area contributed by atoms with E-state index >= 15 is 0 Å². The minimum atomic E-state index is 0.0421. The van der Waals surface area contributed by atoms with E-state index in [-0.39, 0.29) is 6.10 Å². The van der Waals surface area contributed by atoms with Gasteiger partial charge in [-0.15, -0.1) is 0 Å². The summed E-state index contributed by atoms with van der Waals surface area (Å²) in [6.07, 6.45) is 5.52. The molecule has 0 aromatic carbocycles. The minimum absolute atomic E-state index is 0.0421. The van der Waals surface area contributed by atoms with Crippen molar-refractivity contribution in [2.24, 2.45) is 0 Å². The molecule has 0 spiro atoms. The van der Waals surface area contributed by atoms with E-state index in [4.69, 9.17) is 9.47 Å². The summed E-state index contributed by atoms with van der Waals surface area (Å²) in [5.74, 6) is 2.24. The molecule has 1 fully saturated rings. The van der Waals surface area contributed by atoms with E-state index in [0.717, 1.165) is 52.8 Å². The summed E-state index contributed by atoms with van der Waals surface area (Å²) in [6.45, 7) is 4.85. The van der Waals surface area contributed by atoms with Gasteiger partial charge in [0.25, 0.3) is 0 Å². The summed E-state index contributed by atoms with van der Waals surface area (Å²) in [5, 5.41) is 11.1. The maximum Gasteiger partial charge on any atom is 0.154 e. The third kappa shape index (κ3) is 4.50. The number of aryl methyl sites for hydroxylation is 1. The monoisotopic (exact) mass is 416 g/mol. The standard InChI is InChI=1S/C23H24N6O2/c1-16-10-20(21(14-26-16)31-15-19-13-24-7-9-30-19)17-5-8-29-18(11-17)12-23(28-29)27-22-4-2-3-6-25-22/h2-6,8,10-12,14,19,24H,7,9,13,15H2,1H3,(H,25,27,28)/t19-/m0/s1. The summed E-state index contributed by atoms with van der Waals surface area (Å²) in [5.41, 5.74) is 3.94. The van der Waals surface area contributed by atoms with Gasteiger partial charge in [-0.25, -0.2) is 9.50 Å². The van der Waals surface area contributed by atoms with Gasteiger partial charge in [-0.2, -0.15) is 5.10 Å². The molecular weight excluding hydrogens is 392 g/mol. The summed E-state index contributed by atoms with van der Waals surface area (Å²) < 4.78 is 13.7. The Labute approximate surface area is 180 Å². The Kier molecular flexibility index (Phi) is 5.47. The molecule has 158 valence electrons. The van der Waals surface area contributed by atoms with Crippen molar-refractivity contribution in [2.75, 3.05) is 31.6 Å². The van der Waals surface area contributed by atoms with Crippen molar-refractivity contribution in [1.82, 2.24) is 24.9 Å². The summed E-state index contributed by atoms with van der Waals surface area (Å²) in [7, 11) is 0. The van der Waals surface area contributed by atoms with Gasteiger partial charge >= 0.3 is 0 Å². The molecule has 5 heterocycles. The van der Waals surface area contributed by atoms with Crippen LogP contribution in [0.15, 0.2) is 61.1 Å². The molecule has 4 aromatic heterocycles. The van der Waals surface area contributed by atoms with Gasteiger partial charge in [-0.05, 0) is 42.8 Å². The summed E-state index contributed by atoms with van der Waals surface area (Å²) in [6, 6.07) is 13.9. The van der Waals surface area contributed by atoms with Crippen molar-refractivity contribution >= 4 is 17.2 Å². The first kappa shape index (κ1) is 19.5. The minimum Gasteiger partial charge on any atom is -0.489 e. The normalized spacial score (nSPS) is 16.4. The lowest BCUT2D eigenvalue weighted by Gasteiger charge is -2.24. The quantitative estimate of drug-likeness (QED) is 0.499. The number of rotatable bonds is 6. The van der Waals surface area contributed by atoms with E-state index in [1.807, 2.05) is 54.0 Å². The SMILES string of the molecule is Cc1cc(-c2ccn3nc(Nc4ccccn4)cc3c2)c(OC[C@@H]2CNCCO2)cn1. The van der Waals surface area contributed by atoms with Gasteiger partial charge in [0.1, 0.15) is 24.3 Å². The van der Waals surface area contributed by atoms with Gasteiger partial charge in [0.15, 0.2) is 5.82 Å². The number of hydrogen-bond donors (Lipinski definition) is 2. The molecule has 0 unspecified atom stereocenters. The third-order valence-corrected chi connectivity index (χ3v) is 5.13. The molecule has 8 heteroatoms. The highest BCUT2D eigenvalue weighted by molar-refractivity contribution is 5.75. The number of nitrogens with zero attached hydrogens (tertiary/aromatic N) is 4. The fraction of sp³-hybridized carbons (Fsp3) is 0.261. The molecule has 1 atom stereocenters. The highest BCUT2D eigenvalue weighted by Crippen LogP contribution is 2.31. The first-order chi connectivity index (χ1) is 15.2. The molecule has 5 rings (SSSR count). The van der Waals surface area contributed by atoms with Crippen LogP contribution in [0.3, 0.4) is 0 Å². The zero-order chi connectivity index (χ0) is 21.0. The van der Waals surface area contributed by atoms with Crippen molar-refractivity contribution < 1.29 is 9.47 Å².